The third-order valence-electron chi connectivity index (χ3n) is 1.87. The molecule has 4 heteroatoms. The number of fused-ring (bicyclic) bond motifs is 1. The molecule has 0 aliphatic carbocycles. The molecule has 0 amide bonds. The summed E-state index contributed by atoms with van der Waals surface area (Å²) in [5.41, 5.74) is 0. The molecule has 0 unspecified atom stereocenters. The number of ether oxygens (including phenoxy) is 3. The lowest BCUT2D eigenvalue weighted by Gasteiger charge is -2.13. The average molecular weight is 177 g/mol. The van der Waals surface area contributed by atoms with Crippen LogP contribution in [0.5, 0.6) is 0 Å². The minimum Gasteiger partial charge on any atom is -0.460 e. The largest absolute Gasteiger partial charge is 0.460 e. The molecule has 0 bridgehead atoms. The lowest BCUT2D eigenvalue weighted by Crippen LogP contribution is -2.25. The normalized spacial score (nSPS) is 59.0. The molecule has 2 aliphatic rings. The molecule has 0 saturated carbocycles. The van der Waals surface area contributed by atoms with E-state index in [1.54, 1.807) is 0 Å². The van der Waals surface area contributed by atoms with Crippen LogP contribution in [-0.4, -0.2) is 31.6 Å². The molecule has 0 aromatic rings. The van der Waals surface area contributed by atoms with Gasteiger partial charge < -0.3 is 14.2 Å². The molecule has 2 aliphatic heterocycles. The zero-order chi connectivity index (χ0) is 12.9. The average Bonchev–Trinajstić information content (AvgIpc) is 2.59. The quantitative estimate of drug-likeness (QED) is 0.541. The summed E-state index contributed by atoms with van der Waals surface area (Å²) in [5, 5.41) is 0. The zero-order valence-corrected chi connectivity index (χ0v) is 6.33. The highest BCUT2D eigenvalue weighted by atomic mass is 16.7. The summed E-state index contributed by atoms with van der Waals surface area (Å²) in [6.45, 7) is -2.92. The van der Waals surface area contributed by atoms with Crippen LogP contribution in [0.15, 0.2) is 0 Å². The van der Waals surface area contributed by atoms with Crippen molar-refractivity contribution in [1.82, 2.24) is 0 Å². The van der Waals surface area contributed by atoms with Gasteiger partial charge in [-0.15, -0.1) is 0 Å². The summed E-state index contributed by atoms with van der Waals surface area (Å²) in [6, 6.07) is 0. The molecule has 2 saturated heterocycles. The molecule has 0 spiro atoms. The molecule has 2 rings (SSSR count). The molecule has 0 N–H and O–H groups in total. The van der Waals surface area contributed by atoms with Crippen LogP contribution in [0.2, 0.25) is 0 Å². The summed E-state index contributed by atoms with van der Waals surface area (Å²) >= 11 is 0. The zero-order valence-electron chi connectivity index (χ0n) is 11.3. The van der Waals surface area contributed by atoms with Crippen molar-refractivity contribution in [3.8, 4) is 0 Å². The highest BCUT2D eigenvalue weighted by Gasteiger charge is 2.43. The van der Waals surface area contributed by atoms with Gasteiger partial charge in [0.1, 0.15) is 6.10 Å². The van der Waals surface area contributed by atoms with Crippen molar-refractivity contribution in [2.45, 2.75) is 25.6 Å². The van der Waals surface area contributed by atoms with E-state index < -0.39 is 31.1 Å². The van der Waals surface area contributed by atoms with Crippen LogP contribution in [0.1, 0.15) is 20.1 Å². The smallest absolute Gasteiger partial charge is 0.302 e. The number of hydrogen-bond donors (Lipinski definition) is 0. The molecule has 2 fully saturated rings. The van der Waals surface area contributed by atoms with E-state index in [-0.39, 0.29) is 19.6 Å². The summed E-state index contributed by atoms with van der Waals surface area (Å²) in [4.78, 5) is 11.2. The van der Waals surface area contributed by atoms with Gasteiger partial charge in [-0.2, -0.15) is 0 Å². The Kier molecular flexibility index (Phi) is 1.03. The molecule has 0 radical (unpaired) electrons. The van der Waals surface area contributed by atoms with E-state index >= 15 is 0 Å². The predicted molar refractivity (Wildman–Crippen MR) is 39.4 cm³/mol. The predicted octanol–water partition coefficient (Wildman–Crippen LogP) is 0.311. The number of carbonyl (C=O) groups is 1. The van der Waals surface area contributed by atoms with E-state index in [9.17, 15) is 4.79 Å². The number of carbonyl (C=O) groups excluding carboxylic acids is 1. The van der Waals surface area contributed by atoms with Gasteiger partial charge in [-0.05, 0) is 6.42 Å². The first-order valence-corrected chi connectivity index (χ1v) is 3.68. The van der Waals surface area contributed by atoms with Gasteiger partial charge in [0.2, 0.25) is 0 Å². The maximum Gasteiger partial charge on any atom is 0.302 e. The van der Waals surface area contributed by atoms with Gasteiger partial charge in [-0.3, -0.25) is 4.79 Å². The van der Waals surface area contributed by atoms with Gasteiger partial charge in [0.05, 0.1) is 20.5 Å². The summed E-state index contributed by atoms with van der Waals surface area (Å²) in [6.07, 6.45) is -2.79. The Morgan fingerprint density at radius 1 is 1.75 bits per heavy atom. The maximum atomic E-state index is 11.2. The van der Waals surface area contributed by atoms with E-state index in [1.165, 1.54) is 0 Å². The molecule has 12 heavy (non-hydrogen) atoms. The van der Waals surface area contributed by atoms with Crippen LogP contribution < -0.4 is 0 Å². The summed E-state index contributed by atoms with van der Waals surface area (Å²) in [5.74, 6) is -2.94. The first-order valence-electron chi connectivity index (χ1n) is 6.18. The molecular formula is C8H12O4. The lowest BCUT2D eigenvalue weighted by atomic mass is 10.0. The van der Waals surface area contributed by atoms with Crippen molar-refractivity contribution in [2.24, 2.45) is 5.89 Å². The van der Waals surface area contributed by atoms with Crippen molar-refractivity contribution in [3.63, 3.8) is 0 Å². The van der Waals surface area contributed by atoms with E-state index in [0.717, 1.165) is 0 Å². The van der Waals surface area contributed by atoms with E-state index in [1.807, 2.05) is 0 Å². The summed E-state index contributed by atoms with van der Waals surface area (Å²) < 4.78 is 51.2. The van der Waals surface area contributed by atoms with Crippen molar-refractivity contribution in [3.05, 3.63) is 0 Å². The maximum absolute atomic E-state index is 11.2. The fourth-order valence-corrected chi connectivity index (χ4v) is 1.36. The SMILES string of the molecule is [2H]C([2H])([2H])C(=O)O[C@H]1CO[C@@]2([2H])OCC[C@@]12[2H]. The van der Waals surface area contributed by atoms with E-state index in [2.05, 4.69) is 0 Å². The molecular weight excluding hydrogens is 160 g/mol. The molecule has 4 nitrogen and oxygen atoms in total. The molecule has 0 aromatic carbocycles. The van der Waals surface area contributed by atoms with Crippen molar-refractivity contribution < 1.29 is 25.9 Å². The van der Waals surface area contributed by atoms with Crippen molar-refractivity contribution in [1.29, 1.82) is 0 Å². The number of rotatable bonds is 1. The fraction of sp³-hybridized carbons (Fsp3) is 0.875. The first kappa shape index (κ1) is 4.07. The molecule has 68 valence electrons. The standard InChI is InChI=1S/C8H12O4/c1-5(9)12-7-4-11-8-6(7)2-3-10-8/h6-8H,2-4H2,1H3/t6-,7-,8+/m0/s1/i1D3,6D,8D. The Labute approximate surface area is 77.8 Å². The first-order chi connectivity index (χ1) is 7.69. The van der Waals surface area contributed by atoms with Crippen LogP contribution >= 0.6 is 0 Å². The Hall–Kier alpha value is -0.610. The van der Waals surface area contributed by atoms with Crippen molar-refractivity contribution in [2.75, 3.05) is 13.2 Å². The van der Waals surface area contributed by atoms with Crippen molar-refractivity contribution >= 4 is 5.97 Å². The Morgan fingerprint density at radius 2 is 2.67 bits per heavy atom. The van der Waals surface area contributed by atoms with Gasteiger partial charge in [0.15, 0.2) is 6.27 Å². The Morgan fingerprint density at radius 3 is 3.50 bits per heavy atom. The molecule has 2 heterocycles. The Bertz CT molecular complexity index is 345. The van der Waals surface area contributed by atoms with Gasteiger partial charge in [-0.1, -0.05) is 0 Å². The summed E-state index contributed by atoms with van der Waals surface area (Å²) in [7, 11) is 0. The second-order valence-electron chi connectivity index (χ2n) is 2.62. The topological polar surface area (TPSA) is 44.8 Å². The molecule has 3 atom stereocenters. The number of esters is 1. The van der Waals surface area contributed by atoms with Crippen LogP contribution in [0.25, 0.3) is 0 Å². The lowest BCUT2D eigenvalue weighted by molar-refractivity contribution is -0.147. The van der Waals surface area contributed by atoms with Crippen LogP contribution in [0, 0.1) is 5.89 Å². The van der Waals surface area contributed by atoms with Gasteiger partial charge in [-0.25, -0.2) is 0 Å². The van der Waals surface area contributed by atoms with Crippen LogP contribution in [0.3, 0.4) is 0 Å². The minimum absolute atomic E-state index is 0.148. The van der Waals surface area contributed by atoms with Gasteiger partial charge in [0.25, 0.3) is 0 Å². The number of hydrogen-bond acceptors (Lipinski definition) is 4. The minimum atomic E-state index is -2.87. The molecule has 0 aromatic heterocycles. The van der Waals surface area contributed by atoms with Crippen LogP contribution in [0.4, 0.5) is 0 Å². The highest BCUT2D eigenvalue weighted by Crippen LogP contribution is 2.32. The van der Waals surface area contributed by atoms with E-state index in [0.29, 0.717) is 0 Å². The van der Waals surface area contributed by atoms with Gasteiger partial charge in [0, 0.05) is 12.3 Å². The third-order valence-corrected chi connectivity index (χ3v) is 1.87. The highest BCUT2D eigenvalue weighted by molar-refractivity contribution is 5.66. The second-order valence-corrected chi connectivity index (χ2v) is 2.62. The van der Waals surface area contributed by atoms with Gasteiger partial charge >= 0.3 is 5.97 Å². The third kappa shape index (κ3) is 1.32. The Balaban J connectivity index is 2.12. The van der Waals surface area contributed by atoms with E-state index in [4.69, 9.17) is 21.1 Å². The second kappa shape index (κ2) is 3.03. The van der Waals surface area contributed by atoms with Crippen LogP contribution in [-0.2, 0) is 19.0 Å². The monoisotopic (exact) mass is 177 g/mol. The fourth-order valence-electron chi connectivity index (χ4n) is 1.36.